The van der Waals surface area contributed by atoms with E-state index in [0.29, 0.717) is 13.0 Å². The van der Waals surface area contributed by atoms with Crippen molar-refractivity contribution in [3.8, 4) is 11.8 Å². The second-order valence-electron chi connectivity index (χ2n) is 4.84. The first-order valence-electron chi connectivity index (χ1n) is 6.36. The van der Waals surface area contributed by atoms with Gasteiger partial charge in [-0.2, -0.15) is 8.42 Å². The van der Waals surface area contributed by atoms with Crippen LogP contribution in [0.15, 0.2) is 0 Å². The van der Waals surface area contributed by atoms with Gasteiger partial charge in [-0.25, -0.2) is 0 Å². The van der Waals surface area contributed by atoms with Crippen LogP contribution in [0.5, 0.6) is 11.8 Å². The second-order valence-corrected chi connectivity index (χ2v) is 6.49. The van der Waals surface area contributed by atoms with Crippen LogP contribution in [-0.4, -0.2) is 36.1 Å². The van der Waals surface area contributed by atoms with E-state index in [9.17, 15) is 18.6 Å². The zero-order chi connectivity index (χ0) is 14.0. The van der Waals surface area contributed by atoms with Gasteiger partial charge in [-0.15, -0.1) is 0 Å². The zero-order valence-electron chi connectivity index (χ0n) is 10.9. The van der Waals surface area contributed by atoms with Gasteiger partial charge in [0.2, 0.25) is 0 Å². The van der Waals surface area contributed by atoms with Crippen molar-refractivity contribution in [1.29, 1.82) is 0 Å². The van der Waals surface area contributed by atoms with Gasteiger partial charge in [0.15, 0.2) is 11.8 Å². The molecule has 0 bridgehead atoms. The lowest BCUT2D eigenvalue weighted by atomic mass is 9.95. The number of nitrogens with zero attached hydrogens (tertiary/aromatic N) is 1. The molecule has 0 aromatic carbocycles. The first-order chi connectivity index (χ1) is 8.90. The Labute approximate surface area is 112 Å². The summed E-state index contributed by atoms with van der Waals surface area (Å²) in [5, 5.41) is 20.1. The molecule has 1 aliphatic carbocycles. The minimum atomic E-state index is -3.44. The van der Waals surface area contributed by atoms with Crippen molar-refractivity contribution in [3.63, 3.8) is 0 Å². The summed E-state index contributed by atoms with van der Waals surface area (Å²) in [7, 11) is -3.44. The molecule has 19 heavy (non-hydrogen) atoms. The number of hydrogen-bond acceptors (Lipinski definition) is 5. The number of rotatable bonds is 5. The molecule has 2 rings (SSSR count). The van der Waals surface area contributed by atoms with Crippen LogP contribution in [0.2, 0.25) is 0 Å². The molecule has 1 aliphatic rings. The number of hydrogen-bond donors (Lipinski definition) is 2. The minimum absolute atomic E-state index is 0.0422. The maximum atomic E-state index is 10.8. The summed E-state index contributed by atoms with van der Waals surface area (Å²) >= 11 is 0. The van der Waals surface area contributed by atoms with Crippen molar-refractivity contribution in [2.45, 2.75) is 38.6 Å². The van der Waals surface area contributed by atoms with Crippen molar-refractivity contribution in [3.05, 3.63) is 11.1 Å². The summed E-state index contributed by atoms with van der Waals surface area (Å²) in [6, 6.07) is 0. The first kappa shape index (κ1) is 14.2. The predicted molar refractivity (Wildman–Crippen MR) is 69.8 cm³/mol. The largest absolute Gasteiger partial charge is 0.494 e. The smallest absolute Gasteiger partial charge is 0.264 e. The third kappa shape index (κ3) is 3.22. The fraction of sp³-hybridized carbons (Fsp3) is 0.667. The topological polar surface area (TPSA) is 88.8 Å². The fourth-order valence-electron chi connectivity index (χ4n) is 2.47. The molecule has 0 aliphatic heterocycles. The van der Waals surface area contributed by atoms with Crippen LogP contribution in [0, 0.1) is 0 Å². The molecule has 1 aromatic rings. The molecule has 0 fully saturated rings. The highest BCUT2D eigenvalue weighted by Crippen LogP contribution is 2.38. The third-order valence-corrected chi connectivity index (χ3v) is 3.94. The highest BCUT2D eigenvalue weighted by Gasteiger charge is 2.23. The minimum Gasteiger partial charge on any atom is -0.494 e. The highest BCUT2D eigenvalue weighted by atomic mass is 32.2. The summed E-state index contributed by atoms with van der Waals surface area (Å²) in [4.78, 5) is 0. The van der Waals surface area contributed by atoms with Crippen LogP contribution in [0.1, 0.15) is 30.4 Å². The van der Waals surface area contributed by atoms with Gasteiger partial charge >= 0.3 is 0 Å². The van der Waals surface area contributed by atoms with Gasteiger partial charge in [-0.3, -0.25) is 8.75 Å². The lowest BCUT2D eigenvalue weighted by Crippen LogP contribution is -2.07. The lowest BCUT2D eigenvalue weighted by Gasteiger charge is -2.09. The average Bonchev–Trinajstić information content (AvgIpc) is 2.58. The van der Waals surface area contributed by atoms with Crippen molar-refractivity contribution >= 4 is 10.1 Å². The summed E-state index contributed by atoms with van der Waals surface area (Å²) in [5.41, 5.74) is 1.65. The first-order valence-corrected chi connectivity index (χ1v) is 8.18. The van der Waals surface area contributed by atoms with Crippen LogP contribution < -0.4 is 0 Å². The van der Waals surface area contributed by atoms with Gasteiger partial charge in [0.1, 0.15) is 0 Å². The Bertz CT molecular complexity index is 532. The molecule has 0 saturated heterocycles. The quantitative estimate of drug-likeness (QED) is 0.627. The molecule has 0 saturated carbocycles. The van der Waals surface area contributed by atoms with Crippen LogP contribution in [0.25, 0.3) is 0 Å². The molecule has 108 valence electrons. The third-order valence-electron chi connectivity index (χ3n) is 3.34. The Morgan fingerprint density at radius 2 is 1.68 bits per heavy atom. The van der Waals surface area contributed by atoms with Crippen LogP contribution in [0.3, 0.4) is 0 Å². The Morgan fingerprint density at radius 3 is 2.16 bits per heavy atom. The van der Waals surface area contributed by atoms with Gasteiger partial charge in [0.25, 0.3) is 10.1 Å². The normalized spacial score (nSPS) is 15.4. The fourth-order valence-corrected chi connectivity index (χ4v) is 2.89. The molecule has 1 aromatic heterocycles. The van der Waals surface area contributed by atoms with E-state index >= 15 is 0 Å². The van der Waals surface area contributed by atoms with E-state index in [1.165, 1.54) is 4.57 Å². The summed E-state index contributed by atoms with van der Waals surface area (Å²) < 4.78 is 27.7. The second kappa shape index (κ2) is 5.42. The molecule has 7 heteroatoms. The Kier molecular flexibility index (Phi) is 4.05. The monoisotopic (exact) mass is 289 g/mol. The Hall–Kier alpha value is -1.21. The average molecular weight is 289 g/mol. The van der Waals surface area contributed by atoms with E-state index in [1.54, 1.807) is 0 Å². The van der Waals surface area contributed by atoms with Crippen LogP contribution >= 0.6 is 0 Å². The van der Waals surface area contributed by atoms with E-state index in [1.807, 2.05) is 0 Å². The maximum Gasteiger partial charge on any atom is 0.264 e. The van der Waals surface area contributed by atoms with Crippen molar-refractivity contribution in [1.82, 2.24) is 4.57 Å². The number of aromatic hydroxyl groups is 2. The molecule has 0 amide bonds. The maximum absolute atomic E-state index is 10.8. The van der Waals surface area contributed by atoms with Gasteiger partial charge in [0, 0.05) is 17.7 Å². The summed E-state index contributed by atoms with van der Waals surface area (Å²) in [6.07, 6.45) is 4.99. The molecule has 0 radical (unpaired) electrons. The molecule has 2 N–H and O–H groups in total. The Morgan fingerprint density at radius 1 is 1.16 bits per heavy atom. The molecule has 0 unspecified atom stereocenters. The molecule has 6 nitrogen and oxygen atoms in total. The predicted octanol–water partition coefficient (Wildman–Crippen LogP) is 1.14. The summed E-state index contributed by atoms with van der Waals surface area (Å²) in [5.74, 6) is 0.207. The molecule has 1 heterocycles. The van der Waals surface area contributed by atoms with Crippen LogP contribution in [0.4, 0.5) is 0 Å². The molecular formula is C12H19NO5S. The van der Waals surface area contributed by atoms with Gasteiger partial charge in [-0.1, -0.05) is 0 Å². The molecule has 0 spiro atoms. The van der Waals surface area contributed by atoms with Crippen molar-refractivity contribution in [2.24, 2.45) is 0 Å². The van der Waals surface area contributed by atoms with Crippen molar-refractivity contribution < 1.29 is 22.8 Å². The highest BCUT2D eigenvalue weighted by molar-refractivity contribution is 7.85. The van der Waals surface area contributed by atoms with E-state index in [-0.39, 0.29) is 18.4 Å². The zero-order valence-corrected chi connectivity index (χ0v) is 11.7. The van der Waals surface area contributed by atoms with Crippen molar-refractivity contribution in [2.75, 3.05) is 12.9 Å². The van der Waals surface area contributed by atoms with Crippen LogP contribution in [-0.2, 0) is 33.7 Å². The van der Waals surface area contributed by atoms with E-state index < -0.39 is 10.1 Å². The van der Waals surface area contributed by atoms with E-state index in [2.05, 4.69) is 4.18 Å². The summed E-state index contributed by atoms with van der Waals surface area (Å²) in [6.45, 7) is 0.376. The van der Waals surface area contributed by atoms with Gasteiger partial charge in [-0.05, 0) is 32.1 Å². The van der Waals surface area contributed by atoms with E-state index in [4.69, 9.17) is 0 Å². The van der Waals surface area contributed by atoms with Gasteiger partial charge < -0.3 is 10.2 Å². The number of aromatic nitrogens is 1. The molecular weight excluding hydrogens is 270 g/mol. The van der Waals surface area contributed by atoms with Gasteiger partial charge in [0.05, 0.1) is 12.9 Å². The lowest BCUT2D eigenvalue weighted by molar-refractivity contribution is 0.294. The van der Waals surface area contributed by atoms with E-state index in [0.717, 1.165) is 43.1 Å². The molecule has 0 atom stereocenters. The SMILES string of the molecule is CS(=O)(=O)OCCCn1c(O)c2c(c1O)CCCC2. The standard InChI is InChI=1S/C12H19NO5S/c1-19(16,17)18-8-4-7-13-11(14)9-5-2-3-6-10(9)12(13)15/h14-15H,2-8H2,1H3. The Balaban J connectivity index is 2.03. The number of fused-ring (bicyclic) bond motifs is 1.